The summed E-state index contributed by atoms with van der Waals surface area (Å²) >= 11 is 0. The van der Waals surface area contributed by atoms with Gasteiger partial charge >= 0.3 is 0 Å². The van der Waals surface area contributed by atoms with Gasteiger partial charge in [0, 0.05) is 25.2 Å². The predicted molar refractivity (Wildman–Crippen MR) is 117 cm³/mol. The molecule has 5 nitrogen and oxygen atoms in total. The molecule has 3 heterocycles. The van der Waals surface area contributed by atoms with Crippen molar-refractivity contribution in [3.8, 4) is 11.5 Å². The molecule has 1 N–H and O–H groups in total. The van der Waals surface area contributed by atoms with Gasteiger partial charge in [0.15, 0.2) is 0 Å². The second kappa shape index (κ2) is 9.97. The highest BCUT2D eigenvalue weighted by Crippen LogP contribution is 2.28. The molecule has 1 aromatic carbocycles. The van der Waals surface area contributed by atoms with Gasteiger partial charge in [-0.1, -0.05) is 12.1 Å². The van der Waals surface area contributed by atoms with Crippen LogP contribution in [0.5, 0.6) is 11.5 Å². The van der Waals surface area contributed by atoms with Crippen LogP contribution in [0.25, 0.3) is 0 Å². The number of anilines is 1. The van der Waals surface area contributed by atoms with Crippen LogP contribution in [-0.2, 0) is 6.42 Å². The van der Waals surface area contributed by atoms with Crippen molar-refractivity contribution in [1.29, 1.82) is 0 Å². The molecule has 2 aromatic rings. The molecule has 5 heteroatoms. The van der Waals surface area contributed by atoms with E-state index in [9.17, 15) is 0 Å². The van der Waals surface area contributed by atoms with E-state index in [2.05, 4.69) is 45.5 Å². The average Bonchev–Trinajstić information content (AvgIpc) is 3.31. The van der Waals surface area contributed by atoms with Gasteiger partial charge in [0.2, 0.25) is 0 Å². The van der Waals surface area contributed by atoms with E-state index in [0.717, 1.165) is 50.1 Å². The molecule has 0 aliphatic carbocycles. The number of piperidine rings is 1. The van der Waals surface area contributed by atoms with Crippen molar-refractivity contribution in [2.75, 3.05) is 38.3 Å². The summed E-state index contributed by atoms with van der Waals surface area (Å²) < 4.78 is 11.2. The molecule has 156 valence electrons. The number of pyridine rings is 1. The van der Waals surface area contributed by atoms with Gasteiger partial charge in [0.1, 0.15) is 18.1 Å². The molecule has 1 atom stereocenters. The highest BCUT2D eigenvalue weighted by atomic mass is 16.5. The quantitative estimate of drug-likeness (QED) is 0.730. The predicted octanol–water partition coefficient (Wildman–Crippen LogP) is 4.07. The fourth-order valence-corrected chi connectivity index (χ4v) is 4.40. The minimum atomic E-state index is 0.486. The van der Waals surface area contributed by atoms with Crippen LogP contribution in [0.15, 0.2) is 42.7 Å². The number of benzene rings is 1. The summed E-state index contributed by atoms with van der Waals surface area (Å²) in [5, 5.41) is 3.48. The fraction of sp³-hybridized carbons (Fsp3) is 0.542. The molecule has 0 spiro atoms. The lowest BCUT2D eigenvalue weighted by molar-refractivity contribution is 0.276. The van der Waals surface area contributed by atoms with Gasteiger partial charge < -0.3 is 19.7 Å². The summed E-state index contributed by atoms with van der Waals surface area (Å²) in [6.45, 7) is 4.05. The van der Waals surface area contributed by atoms with Gasteiger partial charge in [-0.3, -0.25) is 4.98 Å². The van der Waals surface area contributed by atoms with E-state index in [4.69, 9.17) is 9.47 Å². The summed E-state index contributed by atoms with van der Waals surface area (Å²) in [5.74, 6) is 2.62. The molecule has 2 saturated heterocycles. The van der Waals surface area contributed by atoms with Crippen LogP contribution in [0, 0.1) is 5.92 Å². The molecular weight excluding hydrogens is 362 g/mol. The van der Waals surface area contributed by atoms with Crippen LogP contribution in [0.3, 0.4) is 0 Å². The van der Waals surface area contributed by atoms with Gasteiger partial charge in [-0.05, 0) is 68.7 Å². The highest BCUT2D eigenvalue weighted by Gasteiger charge is 2.20. The van der Waals surface area contributed by atoms with E-state index in [1.807, 2.05) is 12.4 Å². The Bertz CT molecular complexity index is 751. The van der Waals surface area contributed by atoms with Gasteiger partial charge in [0.05, 0.1) is 25.2 Å². The largest absolute Gasteiger partial charge is 0.497 e. The van der Waals surface area contributed by atoms with Crippen molar-refractivity contribution in [2.24, 2.45) is 5.92 Å². The zero-order valence-electron chi connectivity index (χ0n) is 17.5. The van der Waals surface area contributed by atoms with Gasteiger partial charge in [-0.25, -0.2) is 0 Å². The van der Waals surface area contributed by atoms with Crippen LogP contribution in [0.1, 0.15) is 37.7 Å². The minimum absolute atomic E-state index is 0.486. The summed E-state index contributed by atoms with van der Waals surface area (Å²) in [6.07, 6.45) is 11.2. The van der Waals surface area contributed by atoms with E-state index in [0.29, 0.717) is 6.04 Å². The zero-order valence-corrected chi connectivity index (χ0v) is 17.5. The minimum Gasteiger partial charge on any atom is -0.497 e. The Morgan fingerprint density at radius 2 is 1.90 bits per heavy atom. The lowest BCUT2D eigenvalue weighted by Crippen LogP contribution is -2.34. The maximum atomic E-state index is 5.99. The molecule has 0 bridgehead atoms. The maximum Gasteiger partial charge on any atom is 0.139 e. The second-order valence-corrected chi connectivity index (χ2v) is 8.30. The molecule has 0 radical (unpaired) electrons. The molecule has 4 rings (SSSR count). The summed E-state index contributed by atoms with van der Waals surface area (Å²) in [5.41, 5.74) is 2.59. The first-order chi connectivity index (χ1) is 14.3. The lowest BCUT2D eigenvalue weighted by Gasteiger charge is -2.33. The third-order valence-corrected chi connectivity index (χ3v) is 6.29. The van der Waals surface area contributed by atoms with Crippen LogP contribution in [0.4, 0.5) is 5.69 Å². The first-order valence-corrected chi connectivity index (χ1v) is 11.0. The number of aromatic nitrogens is 1. The monoisotopic (exact) mass is 395 g/mol. The number of hydrogen-bond acceptors (Lipinski definition) is 5. The molecule has 2 aliphatic rings. The number of rotatable bonds is 8. The van der Waals surface area contributed by atoms with Gasteiger partial charge in [-0.2, -0.15) is 0 Å². The Labute approximate surface area is 174 Å². The van der Waals surface area contributed by atoms with E-state index < -0.39 is 0 Å². The van der Waals surface area contributed by atoms with Crippen molar-refractivity contribution in [1.82, 2.24) is 10.3 Å². The Balaban J connectivity index is 1.23. The maximum absolute atomic E-state index is 5.99. The molecular formula is C24H33N3O2. The Morgan fingerprint density at radius 1 is 1.07 bits per heavy atom. The van der Waals surface area contributed by atoms with Crippen LogP contribution in [0.2, 0.25) is 0 Å². The molecule has 1 aromatic heterocycles. The van der Waals surface area contributed by atoms with E-state index >= 15 is 0 Å². The van der Waals surface area contributed by atoms with Crippen molar-refractivity contribution >= 4 is 5.69 Å². The molecule has 1 unspecified atom stereocenters. The molecule has 0 saturated carbocycles. The standard InChI is InChI=1S/C24H33N3O2/c1-28-23-8-6-19(7-9-23)4-5-20-10-13-27(14-11-20)22-15-24(17-25-16-22)29-18-21-3-2-12-26-21/h6-9,15-17,20-21,26H,2-5,10-14,18H2,1H3. The van der Waals surface area contributed by atoms with Crippen molar-refractivity contribution in [3.05, 3.63) is 48.3 Å². The Morgan fingerprint density at radius 3 is 2.62 bits per heavy atom. The molecule has 0 amide bonds. The molecule has 29 heavy (non-hydrogen) atoms. The van der Waals surface area contributed by atoms with E-state index in [-0.39, 0.29) is 0 Å². The first kappa shape index (κ1) is 20.0. The van der Waals surface area contributed by atoms with Crippen LogP contribution >= 0.6 is 0 Å². The lowest BCUT2D eigenvalue weighted by atomic mass is 9.90. The topological polar surface area (TPSA) is 46.6 Å². The van der Waals surface area contributed by atoms with Crippen molar-refractivity contribution in [2.45, 2.75) is 44.6 Å². The number of methoxy groups -OCH3 is 1. The fourth-order valence-electron chi connectivity index (χ4n) is 4.40. The highest BCUT2D eigenvalue weighted by molar-refractivity contribution is 5.48. The van der Waals surface area contributed by atoms with Gasteiger partial charge in [0.25, 0.3) is 0 Å². The van der Waals surface area contributed by atoms with Crippen LogP contribution < -0.4 is 19.7 Å². The van der Waals surface area contributed by atoms with Crippen molar-refractivity contribution < 1.29 is 9.47 Å². The normalized spacial score (nSPS) is 20.0. The van der Waals surface area contributed by atoms with Crippen molar-refractivity contribution in [3.63, 3.8) is 0 Å². The Kier molecular flexibility index (Phi) is 6.88. The Hall–Kier alpha value is -2.27. The number of nitrogens with one attached hydrogen (secondary N) is 1. The molecule has 2 fully saturated rings. The van der Waals surface area contributed by atoms with E-state index in [1.54, 1.807) is 7.11 Å². The number of ether oxygens (including phenoxy) is 2. The number of hydrogen-bond donors (Lipinski definition) is 1. The smallest absolute Gasteiger partial charge is 0.139 e. The second-order valence-electron chi connectivity index (χ2n) is 8.30. The van der Waals surface area contributed by atoms with Crippen LogP contribution in [-0.4, -0.2) is 44.4 Å². The SMILES string of the molecule is COc1ccc(CCC2CCN(c3cncc(OCC4CCCN4)c3)CC2)cc1. The summed E-state index contributed by atoms with van der Waals surface area (Å²) in [4.78, 5) is 6.87. The number of nitrogens with zero attached hydrogens (tertiary/aromatic N) is 2. The summed E-state index contributed by atoms with van der Waals surface area (Å²) in [7, 11) is 1.72. The zero-order chi connectivity index (χ0) is 19.9. The third kappa shape index (κ3) is 5.63. The third-order valence-electron chi connectivity index (χ3n) is 6.29. The first-order valence-electron chi connectivity index (χ1n) is 11.0. The summed E-state index contributed by atoms with van der Waals surface area (Å²) in [6, 6.07) is 11.1. The van der Waals surface area contributed by atoms with Gasteiger partial charge in [-0.15, -0.1) is 0 Å². The average molecular weight is 396 g/mol. The number of aryl methyl sites for hydroxylation is 1. The molecule has 2 aliphatic heterocycles. The van der Waals surface area contributed by atoms with E-state index in [1.165, 1.54) is 43.4 Å².